The van der Waals surface area contributed by atoms with Gasteiger partial charge in [-0.3, -0.25) is 0 Å². The summed E-state index contributed by atoms with van der Waals surface area (Å²) in [6, 6.07) is 10.5. The van der Waals surface area contributed by atoms with E-state index in [9.17, 15) is 0 Å². The second kappa shape index (κ2) is 5.30. The van der Waals surface area contributed by atoms with E-state index >= 15 is 0 Å². The van der Waals surface area contributed by atoms with E-state index in [0.717, 1.165) is 29.4 Å². The summed E-state index contributed by atoms with van der Waals surface area (Å²) < 4.78 is 0. The molecule has 0 amide bonds. The zero-order valence-corrected chi connectivity index (χ0v) is 14.2. The van der Waals surface area contributed by atoms with Gasteiger partial charge < -0.3 is 5.32 Å². The number of nitrogens with zero attached hydrogens (tertiary/aromatic N) is 2. The summed E-state index contributed by atoms with van der Waals surface area (Å²) in [6.07, 6.45) is 8.55. The number of benzene rings is 1. The van der Waals surface area contributed by atoms with Crippen LogP contribution in [0.25, 0.3) is 0 Å². The smallest absolute Gasteiger partial charge is 0.205 e. The molecule has 4 aliphatic rings. The van der Waals surface area contributed by atoms with Gasteiger partial charge in [0.2, 0.25) is 5.13 Å². The van der Waals surface area contributed by atoms with E-state index in [1.54, 1.807) is 0 Å². The standard InChI is InChI=1S/C19H23N3S/c1-2-4-13(5-3-1)12-20-18-22-21-17(23-18)19-9-14-6-15(10-19)8-16(7-14)11-19/h1-5,14-16H,6-12H2,(H,20,22). The number of anilines is 1. The Hall–Kier alpha value is -1.42. The lowest BCUT2D eigenvalue weighted by Gasteiger charge is -2.55. The molecule has 4 heteroatoms. The van der Waals surface area contributed by atoms with Crippen molar-refractivity contribution in [2.45, 2.75) is 50.5 Å². The highest BCUT2D eigenvalue weighted by Crippen LogP contribution is 2.61. The first-order valence-electron chi connectivity index (χ1n) is 8.91. The van der Waals surface area contributed by atoms with Crippen molar-refractivity contribution in [2.75, 3.05) is 5.32 Å². The fourth-order valence-corrected chi connectivity index (χ4v) is 6.61. The molecule has 0 radical (unpaired) electrons. The summed E-state index contributed by atoms with van der Waals surface area (Å²) in [5.41, 5.74) is 1.66. The lowest BCUT2D eigenvalue weighted by molar-refractivity contribution is -0.00555. The van der Waals surface area contributed by atoms with Crippen molar-refractivity contribution in [1.82, 2.24) is 10.2 Å². The lowest BCUT2D eigenvalue weighted by Crippen LogP contribution is -2.48. The van der Waals surface area contributed by atoms with Crippen molar-refractivity contribution >= 4 is 16.5 Å². The van der Waals surface area contributed by atoms with Gasteiger partial charge >= 0.3 is 0 Å². The van der Waals surface area contributed by atoms with Crippen LogP contribution < -0.4 is 5.32 Å². The van der Waals surface area contributed by atoms with Crippen LogP contribution in [0.1, 0.15) is 49.1 Å². The molecule has 0 atom stereocenters. The summed E-state index contributed by atoms with van der Waals surface area (Å²) in [7, 11) is 0. The summed E-state index contributed by atoms with van der Waals surface area (Å²) in [5.74, 6) is 2.89. The average molecular weight is 325 g/mol. The van der Waals surface area contributed by atoms with E-state index < -0.39 is 0 Å². The van der Waals surface area contributed by atoms with Crippen LogP contribution in [0.5, 0.6) is 0 Å². The highest BCUT2D eigenvalue weighted by molar-refractivity contribution is 7.15. The molecule has 6 rings (SSSR count). The molecule has 1 N–H and O–H groups in total. The minimum Gasteiger partial charge on any atom is -0.356 e. The fraction of sp³-hybridized carbons (Fsp3) is 0.579. The SMILES string of the molecule is c1ccc(CNc2nnc(C34CC5CC(CC(C5)C3)C4)s2)cc1. The predicted molar refractivity (Wildman–Crippen MR) is 93.5 cm³/mol. The summed E-state index contributed by atoms with van der Waals surface area (Å²) in [6.45, 7) is 0.830. The minimum atomic E-state index is 0.374. The first-order valence-corrected chi connectivity index (χ1v) is 9.72. The second-order valence-electron chi connectivity index (χ2n) is 7.95. The molecule has 1 aromatic carbocycles. The van der Waals surface area contributed by atoms with Crippen LogP contribution in [0.2, 0.25) is 0 Å². The van der Waals surface area contributed by atoms with Crippen molar-refractivity contribution < 1.29 is 0 Å². The van der Waals surface area contributed by atoms with Gasteiger partial charge in [-0.2, -0.15) is 0 Å². The molecule has 0 unspecified atom stereocenters. The minimum absolute atomic E-state index is 0.374. The van der Waals surface area contributed by atoms with Crippen LogP contribution in [0, 0.1) is 17.8 Å². The maximum absolute atomic E-state index is 4.62. The molecule has 4 bridgehead atoms. The van der Waals surface area contributed by atoms with Crippen LogP contribution >= 0.6 is 11.3 Å². The van der Waals surface area contributed by atoms with Crippen LogP contribution in [0.4, 0.5) is 5.13 Å². The Bertz CT molecular complexity index is 658. The van der Waals surface area contributed by atoms with E-state index in [0.29, 0.717) is 5.41 Å². The topological polar surface area (TPSA) is 37.8 Å². The third-order valence-corrected chi connectivity index (χ3v) is 7.33. The Morgan fingerprint density at radius 3 is 2.26 bits per heavy atom. The van der Waals surface area contributed by atoms with Crippen molar-refractivity contribution in [2.24, 2.45) is 17.8 Å². The Labute approximate surface area is 141 Å². The number of hydrogen-bond acceptors (Lipinski definition) is 4. The molecule has 1 aromatic heterocycles. The predicted octanol–water partition coefficient (Wildman–Crippen LogP) is 4.62. The second-order valence-corrected chi connectivity index (χ2v) is 8.93. The number of rotatable bonds is 4. The van der Waals surface area contributed by atoms with Gasteiger partial charge in [-0.25, -0.2) is 0 Å². The first kappa shape index (κ1) is 14.0. The molecule has 3 nitrogen and oxygen atoms in total. The maximum atomic E-state index is 4.62. The van der Waals surface area contributed by atoms with Crippen molar-refractivity contribution in [3.8, 4) is 0 Å². The molecule has 1 heterocycles. The van der Waals surface area contributed by atoms with E-state index in [4.69, 9.17) is 0 Å². The fourth-order valence-electron chi connectivity index (χ4n) is 5.66. The zero-order chi connectivity index (χ0) is 15.3. The van der Waals surface area contributed by atoms with Gasteiger partial charge in [0, 0.05) is 12.0 Å². The Morgan fingerprint density at radius 1 is 0.957 bits per heavy atom. The largest absolute Gasteiger partial charge is 0.356 e. The van der Waals surface area contributed by atoms with Gasteiger partial charge in [0.25, 0.3) is 0 Å². The molecule has 0 saturated heterocycles. The van der Waals surface area contributed by atoms with Gasteiger partial charge in [0.15, 0.2) is 0 Å². The van der Waals surface area contributed by atoms with Crippen molar-refractivity contribution in [3.63, 3.8) is 0 Å². The van der Waals surface area contributed by atoms with Crippen LogP contribution in [0.3, 0.4) is 0 Å². The molecule has 4 fully saturated rings. The molecular formula is C19H23N3S. The molecular weight excluding hydrogens is 302 g/mol. The molecule has 4 aliphatic carbocycles. The number of hydrogen-bond donors (Lipinski definition) is 1. The van der Waals surface area contributed by atoms with Gasteiger partial charge in [-0.1, -0.05) is 41.7 Å². The van der Waals surface area contributed by atoms with Crippen LogP contribution in [0.15, 0.2) is 30.3 Å². The van der Waals surface area contributed by atoms with Crippen LogP contribution in [-0.2, 0) is 12.0 Å². The monoisotopic (exact) mass is 325 g/mol. The summed E-state index contributed by atoms with van der Waals surface area (Å²) >= 11 is 1.81. The van der Waals surface area contributed by atoms with Gasteiger partial charge in [0.05, 0.1) is 0 Å². The van der Waals surface area contributed by atoms with Crippen molar-refractivity contribution in [1.29, 1.82) is 0 Å². The molecule has 4 saturated carbocycles. The van der Waals surface area contributed by atoms with E-state index in [-0.39, 0.29) is 0 Å². The van der Waals surface area contributed by atoms with Crippen LogP contribution in [-0.4, -0.2) is 10.2 Å². The Balaban J connectivity index is 1.33. The normalized spacial score (nSPS) is 34.7. The van der Waals surface area contributed by atoms with Gasteiger partial charge in [-0.15, -0.1) is 10.2 Å². The number of aromatic nitrogens is 2. The maximum Gasteiger partial charge on any atom is 0.205 e. The average Bonchev–Trinajstić information content (AvgIpc) is 3.02. The highest BCUT2D eigenvalue weighted by atomic mass is 32.1. The quantitative estimate of drug-likeness (QED) is 0.891. The number of nitrogens with one attached hydrogen (secondary N) is 1. The van der Waals surface area contributed by atoms with E-state index in [2.05, 4.69) is 45.8 Å². The Kier molecular flexibility index (Phi) is 3.22. The molecule has 0 aliphatic heterocycles. The first-order chi connectivity index (χ1) is 11.3. The molecule has 120 valence electrons. The third-order valence-electron chi connectivity index (χ3n) is 6.20. The molecule has 23 heavy (non-hydrogen) atoms. The summed E-state index contributed by atoms with van der Waals surface area (Å²) in [4.78, 5) is 0. The van der Waals surface area contributed by atoms with E-state index in [1.807, 2.05) is 11.3 Å². The highest BCUT2D eigenvalue weighted by Gasteiger charge is 2.53. The van der Waals surface area contributed by atoms with Crippen molar-refractivity contribution in [3.05, 3.63) is 40.9 Å². The summed E-state index contributed by atoms with van der Waals surface area (Å²) in [5, 5.41) is 14.8. The molecule has 2 aromatic rings. The third kappa shape index (κ3) is 2.47. The molecule has 0 spiro atoms. The Morgan fingerprint density at radius 2 is 1.61 bits per heavy atom. The van der Waals surface area contributed by atoms with Gasteiger partial charge in [-0.05, 0) is 61.8 Å². The van der Waals surface area contributed by atoms with E-state index in [1.165, 1.54) is 49.1 Å². The lowest BCUT2D eigenvalue weighted by atomic mass is 9.50. The van der Waals surface area contributed by atoms with Gasteiger partial charge in [0.1, 0.15) is 5.01 Å². The zero-order valence-electron chi connectivity index (χ0n) is 13.4.